The van der Waals surface area contributed by atoms with Gasteiger partial charge in [0.05, 0.1) is 78.0 Å². The first-order valence-corrected chi connectivity index (χ1v) is 28.3. The molecule has 5 N–H and O–H groups in total. The molecule has 0 saturated carbocycles. The number of nitriles is 1. The van der Waals surface area contributed by atoms with Gasteiger partial charge in [-0.25, -0.2) is 13.8 Å². The van der Waals surface area contributed by atoms with Crippen LogP contribution in [0.15, 0.2) is 84.4 Å². The van der Waals surface area contributed by atoms with Gasteiger partial charge < -0.3 is 45.5 Å². The monoisotopic (exact) mass is 1170 g/mol. The molecular formula is C60H69Cl2F2N7O9S. The number of aromatic nitrogens is 1. The van der Waals surface area contributed by atoms with Gasteiger partial charge in [-0.3, -0.25) is 24.0 Å². The molecule has 16 nitrogen and oxygen atoms in total. The number of methoxy groups -OCH3 is 1. The van der Waals surface area contributed by atoms with Gasteiger partial charge in [0.25, 0.3) is 5.91 Å². The summed E-state index contributed by atoms with van der Waals surface area (Å²) >= 11 is 14.0. The molecule has 5 aromatic rings. The second kappa shape index (κ2) is 26.7. The van der Waals surface area contributed by atoms with Gasteiger partial charge in [-0.15, -0.1) is 11.3 Å². The third-order valence-corrected chi connectivity index (χ3v) is 16.1. The Hall–Kier alpha value is -6.37. The maximum atomic E-state index is 16.2. The minimum absolute atomic E-state index is 0.0142. The number of Topliss-reactive ketones (excluding diaryl/α,β-unsaturated/α-hetero) is 1. The number of amides is 4. The summed E-state index contributed by atoms with van der Waals surface area (Å²) in [6.07, 6.45) is 0.128. The molecule has 4 amide bonds. The fourth-order valence-corrected chi connectivity index (χ4v) is 11.8. The van der Waals surface area contributed by atoms with Gasteiger partial charge in [-0.1, -0.05) is 107 Å². The Morgan fingerprint density at radius 3 is 2.36 bits per heavy atom. The van der Waals surface area contributed by atoms with Crippen molar-refractivity contribution in [3.8, 4) is 22.3 Å². The van der Waals surface area contributed by atoms with Crippen LogP contribution >= 0.6 is 34.5 Å². The summed E-state index contributed by atoms with van der Waals surface area (Å²) in [5, 5.41) is 33.3. The molecule has 0 radical (unpaired) electrons. The van der Waals surface area contributed by atoms with Crippen LogP contribution in [0.5, 0.6) is 5.75 Å². The standard InChI is InChI=1S/C60H69Cl2F2N7O9S/c1-34-53(81-33-67-34)36-15-12-35(13-16-36)14-21-46(73)45-28-39(72)30-71(45)57(77)54(59(5,6)7)70-49(74)31-80-25-24-79-23-22-66-55(75)37-17-20-44(47(26-37)78-8)68-56(76)52-50(40-10-9-11-42(62)51(40)64)60(32-65,48(69-52)29-58(2,3)4)41-19-18-38(61)27-43(41)63/h9-13,15-20,26-27,33,39,45,48,50,52,54,69,72H,14,21-25,28-31H2,1-8H3,(H,66,75)(H,68,76)(H,70,74)/t39-,45+,48-,50-,52+,54-,60-/m1/s1. The zero-order chi connectivity index (χ0) is 59.0. The van der Waals surface area contributed by atoms with E-state index in [4.69, 9.17) is 37.4 Å². The number of rotatable bonds is 22. The second-order valence-electron chi connectivity index (χ2n) is 22.7. The summed E-state index contributed by atoms with van der Waals surface area (Å²) in [6.45, 7) is 13.0. The predicted molar refractivity (Wildman–Crippen MR) is 306 cm³/mol. The lowest BCUT2D eigenvalue weighted by molar-refractivity contribution is -0.144. The molecule has 0 bridgehead atoms. The number of ketones is 1. The van der Waals surface area contributed by atoms with Crippen molar-refractivity contribution in [2.24, 2.45) is 10.8 Å². The topological polar surface area (TPSA) is 221 Å². The van der Waals surface area contributed by atoms with Crippen molar-refractivity contribution in [1.82, 2.24) is 25.8 Å². The number of benzene rings is 4. The van der Waals surface area contributed by atoms with E-state index in [0.717, 1.165) is 27.8 Å². The zero-order valence-corrected chi connectivity index (χ0v) is 48.9. The lowest BCUT2D eigenvalue weighted by atomic mass is 9.62. The molecule has 3 heterocycles. The van der Waals surface area contributed by atoms with E-state index in [1.165, 1.54) is 60.5 Å². The smallest absolute Gasteiger partial charge is 0.251 e. The molecule has 0 unspecified atom stereocenters. The highest BCUT2D eigenvalue weighted by Crippen LogP contribution is 2.53. The molecule has 7 rings (SSSR count). The second-order valence-corrected chi connectivity index (χ2v) is 24.4. The van der Waals surface area contributed by atoms with Crippen LogP contribution in [0.2, 0.25) is 10.0 Å². The van der Waals surface area contributed by atoms with Crippen LogP contribution in [0, 0.1) is 40.7 Å². The molecule has 1 aromatic heterocycles. The third kappa shape index (κ3) is 14.8. The SMILES string of the molecule is COc1cc(C(=O)NCCOCCOCC(=O)N[C@H](C(=O)N2C[C@H](O)C[C@H]2C(=O)CCc2ccc(-c3scnc3C)cc2)C(C)(C)C)ccc1NC(=O)[C@H]1N[C@H](CC(C)(C)C)[C@@](C#N)(c2ccc(Cl)cc2F)[C@@H]1c1cccc(Cl)c1F. The molecule has 4 aromatic carbocycles. The minimum atomic E-state index is -1.84. The predicted octanol–water partition coefficient (Wildman–Crippen LogP) is 9.13. The number of ether oxygens (including phenoxy) is 3. The molecule has 0 spiro atoms. The van der Waals surface area contributed by atoms with E-state index >= 15 is 8.78 Å². The molecule has 0 aliphatic carbocycles. The number of aryl methyl sites for hydroxylation is 2. The van der Waals surface area contributed by atoms with Crippen LogP contribution < -0.4 is 26.0 Å². The van der Waals surface area contributed by atoms with Crippen molar-refractivity contribution in [2.75, 3.05) is 51.9 Å². The van der Waals surface area contributed by atoms with Gasteiger partial charge in [-0.2, -0.15) is 5.26 Å². The lowest BCUT2D eigenvalue weighted by Crippen LogP contribution is -2.57. The van der Waals surface area contributed by atoms with Crippen molar-refractivity contribution in [3.63, 3.8) is 0 Å². The highest BCUT2D eigenvalue weighted by molar-refractivity contribution is 7.13. The molecule has 2 aliphatic heterocycles. The maximum Gasteiger partial charge on any atom is 0.251 e. The number of hydrogen-bond donors (Lipinski definition) is 5. The molecule has 2 saturated heterocycles. The quantitative estimate of drug-likeness (QED) is 0.0410. The van der Waals surface area contributed by atoms with E-state index in [0.29, 0.717) is 6.42 Å². The van der Waals surface area contributed by atoms with Crippen LogP contribution in [-0.4, -0.2) is 121 Å². The van der Waals surface area contributed by atoms with E-state index < -0.39 is 87.7 Å². The molecule has 21 heteroatoms. The first-order chi connectivity index (χ1) is 38.4. The number of hydrogen-bond acceptors (Lipinski definition) is 13. The molecule has 2 aliphatic rings. The number of nitrogens with one attached hydrogen (secondary N) is 4. The molecule has 2 fully saturated rings. The Kier molecular flexibility index (Phi) is 20.5. The Morgan fingerprint density at radius 2 is 1.70 bits per heavy atom. The number of β-amino-alcohol motifs (C(OH)–C–C–N with tert-alkyl or cyclic N) is 1. The number of carbonyl (C=O) groups excluding carboxylic acids is 5. The number of carbonyl (C=O) groups is 5. The summed E-state index contributed by atoms with van der Waals surface area (Å²) < 4.78 is 49.1. The Labute approximate surface area is 485 Å². The lowest BCUT2D eigenvalue weighted by Gasteiger charge is -2.37. The van der Waals surface area contributed by atoms with Crippen molar-refractivity contribution < 1.29 is 52.1 Å². The van der Waals surface area contributed by atoms with Crippen LogP contribution in [0.25, 0.3) is 10.4 Å². The minimum Gasteiger partial charge on any atom is -0.495 e. The highest BCUT2D eigenvalue weighted by atomic mass is 35.5. The first-order valence-electron chi connectivity index (χ1n) is 26.7. The Balaban J connectivity index is 0.891. The zero-order valence-electron chi connectivity index (χ0n) is 46.6. The fraction of sp³-hybridized carbons (Fsp3) is 0.450. The van der Waals surface area contributed by atoms with Gasteiger partial charge in [0.1, 0.15) is 35.4 Å². The maximum absolute atomic E-state index is 16.2. The number of nitrogens with zero attached hydrogens (tertiary/aromatic N) is 3. The summed E-state index contributed by atoms with van der Waals surface area (Å²) in [4.78, 5) is 75.5. The Bertz CT molecular complexity index is 3140. The van der Waals surface area contributed by atoms with E-state index in [1.807, 2.05) is 52.0 Å². The van der Waals surface area contributed by atoms with E-state index in [2.05, 4.69) is 32.3 Å². The van der Waals surface area contributed by atoms with Crippen LogP contribution in [0.1, 0.15) is 99.5 Å². The van der Waals surface area contributed by atoms with Gasteiger partial charge in [0, 0.05) is 54.0 Å². The first kappa shape index (κ1) is 62.2. The fourth-order valence-electron chi connectivity index (χ4n) is 10.6. The van der Waals surface area contributed by atoms with Crippen LogP contribution in [0.3, 0.4) is 0 Å². The number of anilines is 1. The van der Waals surface area contributed by atoms with Gasteiger partial charge in [0.2, 0.25) is 17.7 Å². The van der Waals surface area contributed by atoms with Crippen molar-refractivity contribution in [2.45, 2.75) is 116 Å². The number of likely N-dealkylation sites (tertiary alicyclic amines) is 1. The summed E-state index contributed by atoms with van der Waals surface area (Å²) in [5.74, 6) is -5.23. The summed E-state index contributed by atoms with van der Waals surface area (Å²) in [6, 6.07) is 18.8. The molecule has 81 heavy (non-hydrogen) atoms. The highest BCUT2D eigenvalue weighted by Gasteiger charge is 2.61. The molecule has 7 atom stereocenters. The van der Waals surface area contributed by atoms with Crippen LogP contribution in [-0.2, 0) is 40.5 Å². The average molecular weight is 1170 g/mol. The third-order valence-electron chi connectivity index (χ3n) is 14.6. The molecule has 432 valence electrons. The number of aliphatic hydroxyl groups excluding tert-OH is 1. The van der Waals surface area contributed by atoms with Crippen molar-refractivity contribution in [3.05, 3.63) is 134 Å². The van der Waals surface area contributed by atoms with E-state index in [9.17, 15) is 34.3 Å². The van der Waals surface area contributed by atoms with Crippen molar-refractivity contribution in [1.29, 1.82) is 5.26 Å². The summed E-state index contributed by atoms with van der Waals surface area (Å²) in [5.41, 5.74) is 1.92. The number of thiazole rings is 1. The van der Waals surface area contributed by atoms with E-state index in [1.54, 1.807) is 37.6 Å². The average Bonchev–Trinajstić information content (AvgIpc) is 4.36. The van der Waals surface area contributed by atoms with E-state index in [-0.39, 0.29) is 103 Å². The van der Waals surface area contributed by atoms with Crippen LogP contribution in [0.4, 0.5) is 14.5 Å². The normalized spacial score (nSPS) is 20.3. The Morgan fingerprint density at radius 1 is 0.975 bits per heavy atom. The van der Waals surface area contributed by atoms with Gasteiger partial charge in [0.15, 0.2) is 5.78 Å². The largest absolute Gasteiger partial charge is 0.495 e. The number of halogens is 4. The molecular weight excluding hydrogens is 1100 g/mol. The van der Waals surface area contributed by atoms with Gasteiger partial charge >= 0.3 is 0 Å². The van der Waals surface area contributed by atoms with Crippen molar-refractivity contribution >= 4 is 69.6 Å². The number of aliphatic hydroxyl groups is 1. The van der Waals surface area contributed by atoms with Gasteiger partial charge in [-0.05, 0) is 83.7 Å². The summed E-state index contributed by atoms with van der Waals surface area (Å²) in [7, 11) is 1.35.